The first kappa shape index (κ1) is 25.5. The summed E-state index contributed by atoms with van der Waals surface area (Å²) in [6.07, 6.45) is -0.538. The first-order valence-corrected chi connectivity index (χ1v) is 11.5. The first-order valence-electron chi connectivity index (χ1n) is 11.5. The van der Waals surface area contributed by atoms with Gasteiger partial charge < -0.3 is 29.4 Å². The van der Waals surface area contributed by atoms with Crippen LogP contribution < -0.4 is 14.8 Å². The molecule has 0 amide bonds. The van der Waals surface area contributed by atoms with Crippen molar-refractivity contribution in [2.45, 2.75) is 33.0 Å². The number of ether oxygens (including phenoxy) is 4. The van der Waals surface area contributed by atoms with Gasteiger partial charge in [-0.1, -0.05) is 6.07 Å². The Morgan fingerprint density at radius 2 is 1.88 bits per heavy atom. The molecule has 2 aromatic carbocycles. The van der Waals surface area contributed by atoms with Gasteiger partial charge in [0.25, 0.3) is 0 Å². The Bertz CT molecular complexity index is 1010. The fraction of sp³-hybridized carbons (Fsp3) is 0.440. The number of anilines is 1. The van der Waals surface area contributed by atoms with E-state index in [-0.39, 0.29) is 18.7 Å². The standard InChI is InChI=1S/C25H34N4O5/c1-5-32-13-14-33-25-27-24(19-9-11-23(31-4)12-10-19)29(28-25)21-8-6-7-20(15-21)26-16-22(30)17-34-18(2)3/h6-12,15,18,22,26,30H,5,13-14,16-17H2,1-4H3/t22-/m0/s1. The molecule has 0 fully saturated rings. The summed E-state index contributed by atoms with van der Waals surface area (Å²) in [4.78, 5) is 4.61. The molecule has 0 saturated carbocycles. The Morgan fingerprint density at radius 3 is 2.59 bits per heavy atom. The monoisotopic (exact) mass is 470 g/mol. The molecule has 1 heterocycles. The predicted octanol–water partition coefficient (Wildman–Crippen LogP) is 3.56. The van der Waals surface area contributed by atoms with Crippen LogP contribution in [0, 0.1) is 0 Å². The Kier molecular flexibility index (Phi) is 9.69. The van der Waals surface area contributed by atoms with Crippen molar-refractivity contribution in [2.75, 3.05) is 45.4 Å². The minimum atomic E-state index is -0.613. The molecule has 0 saturated heterocycles. The highest BCUT2D eigenvalue weighted by molar-refractivity contribution is 5.61. The fourth-order valence-electron chi connectivity index (χ4n) is 3.14. The van der Waals surface area contributed by atoms with Crippen LogP contribution in [0.15, 0.2) is 48.5 Å². The van der Waals surface area contributed by atoms with E-state index in [1.807, 2.05) is 69.3 Å². The number of hydrogen-bond donors (Lipinski definition) is 2. The third-order valence-electron chi connectivity index (χ3n) is 4.85. The van der Waals surface area contributed by atoms with Crippen molar-refractivity contribution in [3.05, 3.63) is 48.5 Å². The number of nitrogens with zero attached hydrogens (tertiary/aromatic N) is 3. The largest absolute Gasteiger partial charge is 0.497 e. The maximum Gasteiger partial charge on any atom is 0.336 e. The van der Waals surface area contributed by atoms with E-state index in [1.165, 1.54) is 0 Å². The number of benzene rings is 2. The third kappa shape index (κ3) is 7.44. The van der Waals surface area contributed by atoms with Gasteiger partial charge in [-0.05, 0) is 63.2 Å². The van der Waals surface area contributed by atoms with Gasteiger partial charge >= 0.3 is 6.01 Å². The van der Waals surface area contributed by atoms with Crippen molar-refractivity contribution >= 4 is 5.69 Å². The molecule has 34 heavy (non-hydrogen) atoms. The van der Waals surface area contributed by atoms with Gasteiger partial charge in [0.15, 0.2) is 5.82 Å². The summed E-state index contributed by atoms with van der Waals surface area (Å²) in [5, 5.41) is 18.0. The van der Waals surface area contributed by atoms with E-state index in [2.05, 4.69) is 15.4 Å². The van der Waals surface area contributed by atoms with Crippen LogP contribution in [0.3, 0.4) is 0 Å². The summed E-state index contributed by atoms with van der Waals surface area (Å²) >= 11 is 0. The molecule has 0 aliphatic carbocycles. The Morgan fingerprint density at radius 1 is 1.09 bits per heavy atom. The quantitative estimate of drug-likeness (QED) is 0.345. The lowest BCUT2D eigenvalue weighted by Crippen LogP contribution is -2.26. The van der Waals surface area contributed by atoms with Gasteiger partial charge in [0.1, 0.15) is 12.4 Å². The van der Waals surface area contributed by atoms with Crippen LogP contribution in [0.25, 0.3) is 17.1 Å². The Hall–Kier alpha value is -3.14. The minimum absolute atomic E-state index is 0.0756. The predicted molar refractivity (Wildman–Crippen MR) is 131 cm³/mol. The molecule has 0 aliphatic heterocycles. The van der Waals surface area contributed by atoms with E-state index >= 15 is 0 Å². The van der Waals surface area contributed by atoms with E-state index in [0.717, 1.165) is 22.7 Å². The number of nitrogens with one attached hydrogen (secondary N) is 1. The Balaban J connectivity index is 1.81. The second-order valence-corrected chi connectivity index (χ2v) is 7.87. The van der Waals surface area contributed by atoms with E-state index in [0.29, 0.717) is 32.2 Å². The fourth-order valence-corrected chi connectivity index (χ4v) is 3.14. The lowest BCUT2D eigenvalue weighted by molar-refractivity contribution is 0.0112. The number of aliphatic hydroxyl groups is 1. The molecule has 9 heteroatoms. The number of methoxy groups -OCH3 is 1. The van der Waals surface area contributed by atoms with Gasteiger partial charge in [-0.2, -0.15) is 4.98 Å². The molecule has 1 atom stereocenters. The average molecular weight is 471 g/mol. The number of aliphatic hydroxyl groups excluding tert-OH is 1. The maximum absolute atomic E-state index is 10.2. The van der Waals surface area contributed by atoms with E-state index < -0.39 is 6.10 Å². The van der Waals surface area contributed by atoms with Gasteiger partial charge in [0.2, 0.25) is 0 Å². The van der Waals surface area contributed by atoms with Crippen LogP contribution in [0.2, 0.25) is 0 Å². The van der Waals surface area contributed by atoms with Gasteiger partial charge in [0, 0.05) is 24.4 Å². The van der Waals surface area contributed by atoms with Crippen molar-refractivity contribution < 1.29 is 24.1 Å². The van der Waals surface area contributed by atoms with E-state index in [9.17, 15) is 5.11 Å². The van der Waals surface area contributed by atoms with Gasteiger partial charge in [-0.3, -0.25) is 0 Å². The summed E-state index contributed by atoms with van der Waals surface area (Å²) in [5.74, 6) is 1.39. The second-order valence-electron chi connectivity index (χ2n) is 7.87. The van der Waals surface area contributed by atoms with Gasteiger partial charge in [0.05, 0.1) is 38.2 Å². The highest BCUT2D eigenvalue weighted by Crippen LogP contribution is 2.26. The van der Waals surface area contributed by atoms with Crippen LogP contribution in [0.5, 0.6) is 11.8 Å². The zero-order chi connectivity index (χ0) is 24.3. The van der Waals surface area contributed by atoms with Crippen molar-refractivity contribution in [3.63, 3.8) is 0 Å². The maximum atomic E-state index is 10.2. The summed E-state index contributed by atoms with van der Waals surface area (Å²) < 4.78 is 23.5. The van der Waals surface area contributed by atoms with Crippen LogP contribution in [0.4, 0.5) is 5.69 Å². The number of rotatable bonds is 14. The second kappa shape index (κ2) is 12.9. The molecule has 3 rings (SSSR count). The number of aromatic nitrogens is 3. The average Bonchev–Trinajstić information content (AvgIpc) is 3.28. The van der Waals surface area contributed by atoms with E-state index in [1.54, 1.807) is 11.8 Å². The van der Waals surface area contributed by atoms with Crippen LogP contribution in [-0.4, -0.2) is 72.2 Å². The first-order chi connectivity index (χ1) is 16.5. The summed E-state index contributed by atoms with van der Waals surface area (Å²) in [5.41, 5.74) is 2.51. The molecule has 2 N–H and O–H groups in total. The van der Waals surface area contributed by atoms with Crippen molar-refractivity contribution in [3.8, 4) is 28.8 Å². The molecular weight excluding hydrogens is 436 g/mol. The van der Waals surface area contributed by atoms with Gasteiger partial charge in [-0.25, -0.2) is 4.68 Å². The highest BCUT2D eigenvalue weighted by atomic mass is 16.5. The molecular formula is C25H34N4O5. The molecule has 0 radical (unpaired) electrons. The van der Waals surface area contributed by atoms with Crippen molar-refractivity contribution in [1.29, 1.82) is 0 Å². The molecule has 0 bridgehead atoms. The molecule has 0 unspecified atom stereocenters. The summed E-state index contributed by atoms with van der Waals surface area (Å²) in [6.45, 7) is 7.91. The molecule has 0 aliphatic rings. The van der Waals surface area contributed by atoms with E-state index in [4.69, 9.17) is 18.9 Å². The lowest BCUT2D eigenvalue weighted by atomic mass is 10.2. The Labute approximate surface area is 200 Å². The summed E-state index contributed by atoms with van der Waals surface area (Å²) in [6, 6.07) is 15.6. The number of hydrogen-bond acceptors (Lipinski definition) is 8. The lowest BCUT2D eigenvalue weighted by Gasteiger charge is -2.15. The summed E-state index contributed by atoms with van der Waals surface area (Å²) in [7, 11) is 1.63. The zero-order valence-corrected chi connectivity index (χ0v) is 20.2. The van der Waals surface area contributed by atoms with Gasteiger partial charge in [-0.15, -0.1) is 5.10 Å². The molecule has 1 aromatic heterocycles. The molecule has 9 nitrogen and oxygen atoms in total. The topological polar surface area (TPSA) is 99.9 Å². The van der Waals surface area contributed by atoms with Crippen molar-refractivity contribution in [2.24, 2.45) is 0 Å². The molecule has 3 aromatic rings. The minimum Gasteiger partial charge on any atom is -0.497 e. The molecule has 184 valence electrons. The third-order valence-corrected chi connectivity index (χ3v) is 4.85. The SMILES string of the molecule is CCOCCOc1nc(-c2ccc(OC)cc2)n(-c2cccc(NC[C@H](O)COC(C)C)c2)n1. The smallest absolute Gasteiger partial charge is 0.336 e. The zero-order valence-electron chi connectivity index (χ0n) is 20.2. The normalized spacial score (nSPS) is 12.1. The highest BCUT2D eigenvalue weighted by Gasteiger charge is 2.16. The van der Waals surface area contributed by atoms with Crippen molar-refractivity contribution in [1.82, 2.24) is 14.8 Å². The molecule has 0 spiro atoms. The van der Waals surface area contributed by atoms with Crippen LogP contribution in [0.1, 0.15) is 20.8 Å². The van der Waals surface area contributed by atoms with Crippen LogP contribution >= 0.6 is 0 Å². The van der Waals surface area contributed by atoms with Crippen LogP contribution in [-0.2, 0) is 9.47 Å².